The predicted molar refractivity (Wildman–Crippen MR) is 51.2 cm³/mol. The van der Waals surface area contributed by atoms with E-state index in [0.29, 0.717) is 0 Å². The van der Waals surface area contributed by atoms with E-state index in [0.717, 1.165) is 22.3 Å². The van der Waals surface area contributed by atoms with Gasteiger partial charge in [-0.05, 0) is 31.9 Å². The van der Waals surface area contributed by atoms with E-state index in [1.165, 1.54) is 0 Å². The second kappa shape index (κ2) is 3.59. The van der Waals surface area contributed by atoms with Crippen molar-refractivity contribution in [2.75, 3.05) is 0 Å². The summed E-state index contributed by atoms with van der Waals surface area (Å²) in [5.74, 6) is 0. The number of aliphatic hydroxyl groups excluding tert-OH is 1. The molecule has 0 saturated carbocycles. The monoisotopic (exact) mass is 175 g/mol. The molecule has 2 nitrogen and oxygen atoms in total. The van der Waals surface area contributed by atoms with E-state index in [4.69, 9.17) is 5.26 Å². The summed E-state index contributed by atoms with van der Waals surface area (Å²) in [5, 5.41) is 18.0. The number of hydrogen-bond acceptors (Lipinski definition) is 2. The Bertz CT molecular complexity index is 340. The van der Waals surface area contributed by atoms with Gasteiger partial charge in [0.15, 0.2) is 6.10 Å². The molecule has 68 valence electrons. The number of aliphatic hydroxyl groups is 1. The second-order valence-corrected chi connectivity index (χ2v) is 3.34. The van der Waals surface area contributed by atoms with Gasteiger partial charge in [0.1, 0.15) is 0 Å². The summed E-state index contributed by atoms with van der Waals surface area (Å²) in [6.45, 7) is 5.83. The lowest BCUT2D eigenvalue weighted by Crippen LogP contribution is -2.00. The SMILES string of the molecule is Cc1cc(C)c([C@@H](O)C#N)c(C)c1. The van der Waals surface area contributed by atoms with Crippen LogP contribution in [0.2, 0.25) is 0 Å². The Morgan fingerprint density at radius 2 is 1.69 bits per heavy atom. The highest BCUT2D eigenvalue weighted by molar-refractivity contribution is 5.40. The van der Waals surface area contributed by atoms with Crippen LogP contribution in [0.15, 0.2) is 12.1 Å². The van der Waals surface area contributed by atoms with Crippen LogP contribution in [0.4, 0.5) is 0 Å². The molecular formula is C11H13NO. The van der Waals surface area contributed by atoms with E-state index >= 15 is 0 Å². The lowest BCUT2D eigenvalue weighted by molar-refractivity contribution is 0.234. The van der Waals surface area contributed by atoms with Gasteiger partial charge in [0.2, 0.25) is 0 Å². The maximum atomic E-state index is 9.42. The van der Waals surface area contributed by atoms with Crippen molar-refractivity contribution in [3.05, 3.63) is 34.4 Å². The summed E-state index contributed by atoms with van der Waals surface area (Å²) in [7, 11) is 0. The average molecular weight is 175 g/mol. The van der Waals surface area contributed by atoms with Crippen LogP contribution in [0.3, 0.4) is 0 Å². The molecule has 13 heavy (non-hydrogen) atoms. The van der Waals surface area contributed by atoms with E-state index in [2.05, 4.69) is 0 Å². The smallest absolute Gasteiger partial charge is 0.166 e. The molecule has 1 atom stereocenters. The van der Waals surface area contributed by atoms with Crippen molar-refractivity contribution in [3.8, 4) is 6.07 Å². The summed E-state index contributed by atoms with van der Waals surface area (Å²) in [4.78, 5) is 0. The highest BCUT2D eigenvalue weighted by Gasteiger charge is 2.11. The third-order valence-corrected chi connectivity index (χ3v) is 2.13. The van der Waals surface area contributed by atoms with Crippen LogP contribution in [0, 0.1) is 32.1 Å². The Morgan fingerprint density at radius 1 is 1.23 bits per heavy atom. The molecule has 1 rings (SSSR count). The predicted octanol–water partition coefficient (Wildman–Crippen LogP) is 2.17. The van der Waals surface area contributed by atoms with Gasteiger partial charge in [-0.25, -0.2) is 0 Å². The molecule has 0 aliphatic rings. The summed E-state index contributed by atoms with van der Waals surface area (Å²) in [5.41, 5.74) is 3.86. The fraction of sp³-hybridized carbons (Fsp3) is 0.364. The topological polar surface area (TPSA) is 44.0 Å². The van der Waals surface area contributed by atoms with E-state index < -0.39 is 6.10 Å². The number of nitrogens with zero attached hydrogens (tertiary/aromatic N) is 1. The van der Waals surface area contributed by atoms with Gasteiger partial charge < -0.3 is 5.11 Å². The molecule has 0 amide bonds. The van der Waals surface area contributed by atoms with Gasteiger partial charge in [-0.1, -0.05) is 17.7 Å². The summed E-state index contributed by atoms with van der Waals surface area (Å²) < 4.78 is 0. The van der Waals surface area contributed by atoms with Crippen LogP contribution in [0.5, 0.6) is 0 Å². The van der Waals surface area contributed by atoms with Gasteiger partial charge in [0.25, 0.3) is 0 Å². The molecule has 0 aromatic heterocycles. The van der Waals surface area contributed by atoms with E-state index in [-0.39, 0.29) is 0 Å². The molecule has 0 unspecified atom stereocenters. The molecule has 0 heterocycles. The zero-order chi connectivity index (χ0) is 10.0. The van der Waals surface area contributed by atoms with Crippen molar-refractivity contribution >= 4 is 0 Å². The summed E-state index contributed by atoms with van der Waals surface area (Å²) in [6.07, 6.45) is -0.999. The number of benzene rings is 1. The first-order valence-electron chi connectivity index (χ1n) is 4.21. The number of hydrogen-bond donors (Lipinski definition) is 1. The average Bonchev–Trinajstić information content (AvgIpc) is 2.02. The van der Waals surface area contributed by atoms with Crippen LogP contribution in [0.25, 0.3) is 0 Å². The van der Waals surface area contributed by atoms with Crippen LogP contribution >= 0.6 is 0 Å². The standard InChI is InChI=1S/C11H13NO/c1-7-4-8(2)11(9(3)5-7)10(13)6-12/h4-5,10,13H,1-3H3/t10-/m0/s1. The second-order valence-electron chi connectivity index (χ2n) is 3.34. The molecule has 1 aromatic carbocycles. The van der Waals surface area contributed by atoms with Crippen LogP contribution < -0.4 is 0 Å². The molecular weight excluding hydrogens is 162 g/mol. The molecule has 0 bridgehead atoms. The maximum Gasteiger partial charge on any atom is 0.166 e. The van der Waals surface area contributed by atoms with Gasteiger partial charge in [0, 0.05) is 5.56 Å². The van der Waals surface area contributed by atoms with Crippen molar-refractivity contribution in [1.82, 2.24) is 0 Å². The molecule has 2 heteroatoms. The first-order chi connectivity index (χ1) is 6.06. The molecule has 0 saturated heterocycles. The Hall–Kier alpha value is -1.33. The Morgan fingerprint density at radius 3 is 2.08 bits per heavy atom. The first kappa shape index (κ1) is 9.76. The normalized spacial score (nSPS) is 12.2. The zero-order valence-electron chi connectivity index (χ0n) is 8.13. The van der Waals surface area contributed by atoms with Crippen molar-refractivity contribution < 1.29 is 5.11 Å². The van der Waals surface area contributed by atoms with Crippen LogP contribution in [-0.2, 0) is 0 Å². The lowest BCUT2D eigenvalue weighted by atomic mass is 9.96. The summed E-state index contributed by atoms with van der Waals surface area (Å²) >= 11 is 0. The third-order valence-electron chi connectivity index (χ3n) is 2.13. The van der Waals surface area contributed by atoms with Crippen LogP contribution in [-0.4, -0.2) is 5.11 Å². The quantitative estimate of drug-likeness (QED) is 0.665. The minimum absolute atomic E-state index is 0.744. The summed E-state index contributed by atoms with van der Waals surface area (Å²) in [6, 6.07) is 5.79. The van der Waals surface area contributed by atoms with E-state index in [9.17, 15) is 5.11 Å². The Labute approximate surface area is 78.4 Å². The van der Waals surface area contributed by atoms with Crippen LogP contribution in [0.1, 0.15) is 28.4 Å². The fourth-order valence-corrected chi connectivity index (χ4v) is 1.69. The molecule has 1 aromatic rings. The number of rotatable bonds is 1. The third kappa shape index (κ3) is 1.88. The largest absolute Gasteiger partial charge is 0.374 e. The zero-order valence-corrected chi connectivity index (χ0v) is 8.13. The molecule has 0 aliphatic carbocycles. The number of aryl methyl sites for hydroxylation is 3. The van der Waals surface area contributed by atoms with Crippen molar-refractivity contribution in [3.63, 3.8) is 0 Å². The highest BCUT2D eigenvalue weighted by Crippen LogP contribution is 2.22. The first-order valence-corrected chi connectivity index (χ1v) is 4.21. The Balaban J connectivity index is 3.30. The number of nitriles is 1. The van der Waals surface area contributed by atoms with Crippen molar-refractivity contribution in [1.29, 1.82) is 5.26 Å². The van der Waals surface area contributed by atoms with Gasteiger partial charge in [-0.15, -0.1) is 0 Å². The van der Waals surface area contributed by atoms with Gasteiger partial charge >= 0.3 is 0 Å². The minimum Gasteiger partial charge on any atom is -0.374 e. The molecule has 0 radical (unpaired) electrons. The molecule has 1 N–H and O–H groups in total. The van der Waals surface area contributed by atoms with Crippen molar-refractivity contribution in [2.24, 2.45) is 0 Å². The van der Waals surface area contributed by atoms with Gasteiger partial charge in [-0.2, -0.15) is 5.26 Å². The molecule has 0 spiro atoms. The maximum absolute atomic E-state index is 9.42. The molecule has 0 fully saturated rings. The van der Waals surface area contributed by atoms with E-state index in [1.54, 1.807) is 0 Å². The Kier molecular flexibility index (Phi) is 2.69. The minimum atomic E-state index is -0.999. The van der Waals surface area contributed by atoms with Gasteiger partial charge in [-0.3, -0.25) is 0 Å². The lowest BCUT2D eigenvalue weighted by Gasteiger charge is -2.11. The van der Waals surface area contributed by atoms with E-state index in [1.807, 2.05) is 39.0 Å². The van der Waals surface area contributed by atoms with Gasteiger partial charge in [0.05, 0.1) is 6.07 Å². The molecule has 0 aliphatic heterocycles. The highest BCUT2D eigenvalue weighted by atomic mass is 16.3. The van der Waals surface area contributed by atoms with Crippen molar-refractivity contribution in [2.45, 2.75) is 26.9 Å². The fourth-order valence-electron chi connectivity index (χ4n) is 1.69.